The van der Waals surface area contributed by atoms with Gasteiger partial charge < -0.3 is 19.4 Å². The highest BCUT2D eigenvalue weighted by Gasteiger charge is 2.41. The number of hydrogen-bond acceptors (Lipinski definition) is 4. The summed E-state index contributed by atoms with van der Waals surface area (Å²) in [6.45, 7) is 12.7. The van der Waals surface area contributed by atoms with Crippen molar-refractivity contribution in [1.82, 2.24) is 14.7 Å². The van der Waals surface area contributed by atoms with Gasteiger partial charge in [0, 0.05) is 44.7 Å². The Hall–Kier alpha value is -2.57. The lowest BCUT2D eigenvalue weighted by atomic mass is 10.1. The Morgan fingerprint density at radius 1 is 1.06 bits per heavy atom. The van der Waals surface area contributed by atoms with Crippen molar-refractivity contribution in [2.75, 3.05) is 39.3 Å². The minimum atomic E-state index is -0.290. The van der Waals surface area contributed by atoms with Gasteiger partial charge in [-0.1, -0.05) is 12.1 Å². The number of ether oxygens (including phenoxy) is 1. The average Bonchev–Trinajstić information content (AvgIpc) is 2.95. The van der Waals surface area contributed by atoms with Crippen LogP contribution in [0.25, 0.3) is 0 Å². The number of aryl methyl sites for hydroxylation is 1. The van der Waals surface area contributed by atoms with Gasteiger partial charge in [0.05, 0.1) is 5.92 Å². The minimum Gasteiger partial charge on any atom is -0.483 e. The van der Waals surface area contributed by atoms with Gasteiger partial charge in [-0.05, 0) is 58.2 Å². The second kappa shape index (κ2) is 9.28. The molecule has 31 heavy (non-hydrogen) atoms. The van der Waals surface area contributed by atoms with E-state index in [2.05, 4.69) is 0 Å². The van der Waals surface area contributed by atoms with E-state index < -0.39 is 0 Å². The number of benzene rings is 1. The largest absolute Gasteiger partial charge is 0.483 e. The fourth-order valence-corrected chi connectivity index (χ4v) is 4.28. The van der Waals surface area contributed by atoms with Gasteiger partial charge in [0.25, 0.3) is 5.91 Å². The van der Waals surface area contributed by atoms with Crippen molar-refractivity contribution in [3.8, 4) is 5.75 Å². The number of hydrogen-bond donors (Lipinski definition) is 0. The lowest BCUT2D eigenvalue weighted by molar-refractivity contribution is -0.137. The second-order valence-corrected chi connectivity index (χ2v) is 9.62. The molecule has 2 aliphatic heterocycles. The van der Waals surface area contributed by atoms with Gasteiger partial charge >= 0.3 is 0 Å². The van der Waals surface area contributed by atoms with Gasteiger partial charge in [0.1, 0.15) is 5.75 Å². The van der Waals surface area contributed by atoms with E-state index in [-0.39, 0.29) is 42.2 Å². The van der Waals surface area contributed by atoms with E-state index in [4.69, 9.17) is 4.74 Å². The third-order valence-corrected chi connectivity index (χ3v) is 6.35. The molecular weight excluding hydrogens is 394 g/mol. The van der Waals surface area contributed by atoms with Gasteiger partial charge in [-0.15, -0.1) is 0 Å². The zero-order chi connectivity index (χ0) is 22.8. The first kappa shape index (κ1) is 23.1. The van der Waals surface area contributed by atoms with Gasteiger partial charge in [-0.25, -0.2) is 0 Å². The molecule has 1 atom stereocenters. The summed E-state index contributed by atoms with van der Waals surface area (Å²) in [6.07, 6.45) is 1.00. The highest BCUT2D eigenvalue weighted by Crippen LogP contribution is 2.27. The number of carbonyl (C=O) groups is 3. The molecule has 2 fully saturated rings. The molecule has 0 spiro atoms. The summed E-state index contributed by atoms with van der Waals surface area (Å²) >= 11 is 0. The molecule has 0 radical (unpaired) electrons. The van der Waals surface area contributed by atoms with Gasteiger partial charge in [0.2, 0.25) is 11.8 Å². The molecular formula is C24H35N3O4. The van der Waals surface area contributed by atoms with Crippen LogP contribution in [0.1, 0.15) is 44.7 Å². The SMILES string of the molecule is Cc1cccc(OCC(=O)N2CCCN(C(=O)C3CC(=O)N(C(C)(C)C)C3)CC2)c1C. The number of nitrogens with zero attached hydrogens (tertiary/aromatic N) is 3. The van der Waals surface area contributed by atoms with Crippen LogP contribution in [0.2, 0.25) is 0 Å². The monoisotopic (exact) mass is 429 g/mol. The number of rotatable bonds is 4. The lowest BCUT2D eigenvalue weighted by Gasteiger charge is -2.32. The summed E-state index contributed by atoms with van der Waals surface area (Å²) in [6, 6.07) is 5.82. The van der Waals surface area contributed by atoms with Crippen LogP contribution in [0.3, 0.4) is 0 Å². The third-order valence-electron chi connectivity index (χ3n) is 6.35. The molecule has 0 saturated carbocycles. The molecule has 7 nitrogen and oxygen atoms in total. The van der Waals surface area contributed by atoms with Crippen LogP contribution in [0.4, 0.5) is 0 Å². The van der Waals surface area contributed by atoms with Crippen LogP contribution in [0.5, 0.6) is 5.75 Å². The van der Waals surface area contributed by atoms with E-state index in [1.165, 1.54) is 0 Å². The van der Waals surface area contributed by atoms with Crippen molar-refractivity contribution < 1.29 is 19.1 Å². The van der Waals surface area contributed by atoms with Crippen molar-refractivity contribution >= 4 is 17.7 Å². The average molecular weight is 430 g/mol. The fraction of sp³-hybridized carbons (Fsp3) is 0.625. The van der Waals surface area contributed by atoms with Crippen LogP contribution in [0, 0.1) is 19.8 Å². The topological polar surface area (TPSA) is 70.2 Å². The quantitative estimate of drug-likeness (QED) is 0.737. The van der Waals surface area contributed by atoms with Crippen LogP contribution in [0.15, 0.2) is 18.2 Å². The first-order valence-corrected chi connectivity index (χ1v) is 11.1. The Balaban J connectivity index is 1.53. The van der Waals surface area contributed by atoms with Crippen LogP contribution in [-0.4, -0.2) is 77.3 Å². The summed E-state index contributed by atoms with van der Waals surface area (Å²) in [5.41, 5.74) is 1.90. The van der Waals surface area contributed by atoms with Crippen molar-refractivity contribution in [3.05, 3.63) is 29.3 Å². The molecule has 170 valence electrons. The van der Waals surface area contributed by atoms with Crippen molar-refractivity contribution in [1.29, 1.82) is 0 Å². The fourth-order valence-electron chi connectivity index (χ4n) is 4.28. The highest BCUT2D eigenvalue weighted by atomic mass is 16.5. The maximum atomic E-state index is 13.0. The van der Waals surface area contributed by atoms with Crippen molar-refractivity contribution in [2.45, 2.75) is 53.0 Å². The summed E-state index contributed by atoms with van der Waals surface area (Å²) in [4.78, 5) is 43.5. The summed E-state index contributed by atoms with van der Waals surface area (Å²) in [7, 11) is 0. The van der Waals surface area contributed by atoms with Crippen LogP contribution < -0.4 is 4.74 Å². The van der Waals surface area contributed by atoms with Crippen LogP contribution >= 0.6 is 0 Å². The summed E-state index contributed by atoms with van der Waals surface area (Å²) < 4.78 is 5.77. The van der Waals surface area contributed by atoms with E-state index in [9.17, 15) is 14.4 Å². The maximum absolute atomic E-state index is 13.0. The molecule has 0 N–H and O–H groups in total. The van der Waals surface area contributed by atoms with E-state index >= 15 is 0 Å². The molecule has 2 saturated heterocycles. The van der Waals surface area contributed by atoms with E-state index in [1.54, 1.807) is 9.80 Å². The number of likely N-dealkylation sites (tertiary alicyclic amines) is 1. The minimum absolute atomic E-state index is 0.00406. The molecule has 7 heteroatoms. The highest BCUT2D eigenvalue weighted by molar-refractivity contribution is 5.89. The van der Waals surface area contributed by atoms with E-state index in [1.807, 2.05) is 57.7 Å². The molecule has 1 aromatic rings. The van der Waals surface area contributed by atoms with Gasteiger partial charge in [-0.2, -0.15) is 0 Å². The van der Waals surface area contributed by atoms with E-state index in [0.29, 0.717) is 32.7 Å². The number of amides is 3. The molecule has 1 aromatic carbocycles. The molecule has 0 bridgehead atoms. The normalized spacial score (nSPS) is 20.1. The molecule has 2 heterocycles. The van der Waals surface area contributed by atoms with E-state index in [0.717, 1.165) is 23.3 Å². The molecule has 3 amide bonds. The zero-order valence-electron chi connectivity index (χ0n) is 19.4. The maximum Gasteiger partial charge on any atom is 0.260 e. The third kappa shape index (κ3) is 5.38. The Bertz CT molecular complexity index is 846. The first-order valence-electron chi connectivity index (χ1n) is 11.1. The second-order valence-electron chi connectivity index (χ2n) is 9.62. The Morgan fingerprint density at radius 2 is 1.74 bits per heavy atom. The Morgan fingerprint density at radius 3 is 2.42 bits per heavy atom. The number of carbonyl (C=O) groups excluding carboxylic acids is 3. The van der Waals surface area contributed by atoms with Gasteiger partial charge in [-0.3, -0.25) is 14.4 Å². The van der Waals surface area contributed by atoms with Crippen molar-refractivity contribution in [3.63, 3.8) is 0 Å². The Labute approximate surface area is 185 Å². The lowest BCUT2D eigenvalue weighted by Crippen LogP contribution is -2.44. The standard InChI is InChI=1S/C24H35N3O4/c1-17-8-6-9-20(18(17)2)31-16-22(29)25-10-7-11-26(13-12-25)23(30)19-14-21(28)27(15-19)24(3,4)5/h6,8-9,19H,7,10-16H2,1-5H3. The molecule has 0 aliphatic carbocycles. The zero-order valence-corrected chi connectivity index (χ0v) is 19.4. The summed E-state index contributed by atoms with van der Waals surface area (Å²) in [5.74, 6) is 0.447. The molecule has 2 aliphatic rings. The Kier molecular flexibility index (Phi) is 6.92. The summed E-state index contributed by atoms with van der Waals surface area (Å²) in [5, 5.41) is 0. The molecule has 1 unspecified atom stereocenters. The predicted molar refractivity (Wildman–Crippen MR) is 119 cm³/mol. The predicted octanol–water partition coefficient (Wildman–Crippen LogP) is 2.39. The van der Waals surface area contributed by atoms with Gasteiger partial charge in [0.15, 0.2) is 6.61 Å². The van der Waals surface area contributed by atoms with Crippen molar-refractivity contribution in [2.24, 2.45) is 5.92 Å². The van der Waals surface area contributed by atoms with Crippen LogP contribution in [-0.2, 0) is 14.4 Å². The smallest absolute Gasteiger partial charge is 0.260 e. The first-order chi connectivity index (χ1) is 14.6. The molecule has 0 aromatic heterocycles. The molecule has 3 rings (SSSR count).